The van der Waals surface area contributed by atoms with E-state index < -0.39 is 5.91 Å². The van der Waals surface area contributed by atoms with Crippen LogP contribution in [0.3, 0.4) is 0 Å². The van der Waals surface area contributed by atoms with E-state index in [2.05, 4.69) is 58.2 Å². The van der Waals surface area contributed by atoms with Gasteiger partial charge in [-0.25, -0.2) is 0 Å². The van der Waals surface area contributed by atoms with Crippen molar-refractivity contribution in [1.29, 1.82) is 5.26 Å². The first-order valence-corrected chi connectivity index (χ1v) is 13.3. The Labute approximate surface area is 236 Å². The second kappa shape index (κ2) is 13.0. The van der Waals surface area contributed by atoms with E-state index in [4.69, 9.17) is 14.2 Å². The van der Waals surface area contributed by atoms with Crippen LogP contribution in [-0.4, -0.2) is 19.1 Å². The average molecular weight is 618 g/mol. The largest absolute Gasteiger partial charge is 0.494 e. The van der Waals surface area contributed by atoms with E-state index in [1.165, 1.54) is 5.39 Å². The highest BCUT2D eigenvalue weighted by Gasteiger charge is 2.15. The minimum absolute atomic E-state index is 0.0260. The normalized spacial score (nSPS) is 11.1. The van der Waals surface area contributed by atoms with Crippen LogP contribution in [0, 0.1) is 14.9 Å². The monoisotopic (exact) mass is 618 g/mol. The van der Waals surface area contributed by atoms with Crippen LogP contribution in [0.25, 0.3) is 16.8 Å². The molecule has 1 N–H and O–H groups in total. The topological polar surface area (TPSA) is 80.6 Å². The van der Waals surface area contributed by atoms with Gasteiger partial charge in [-0.15, -0.1) is 0 Å². The highest BCUT2D eigenvalue weighted by Crippen LogP contribution is 2.36. The molecule has 0 saturated carbocycles. The van der Waals surface area contributed by atoms with Gasteiger partial charge in [0.1, 0.15) is 24.0 Å². The van der Waals surface area contributed by atoms with Crippen LogP contribution in [-0.2, 0) is 11.4 Å². The SMILES string of the molecule is CCOc1ccc(NC(=O)/C(C#N)=C\c2cc(I)c(OCc3ccc4ccccc4c3)c(OCC)c2)cc1. The first-order valence-electron chi connectivity index (χ1n) is 12.2. The Hall–Kier alpha value is -4.03. The molecule has 4 aromatic carbocycles. The van der Waals surface area contributed by atoms with Gasteiger partial charge >= 0.3 is 0 Å². The first kappa shape index (κ1) is 27.0. The molecule has 4 aromatic rings. The Morgan fingerprint density at radius 2 is 1.66 bits per heavy atom. The van der Waals surface area contributed by atoms with Crippen LogP contribution in [0.1, 0.15) is 25.0 Å². The second-order valence-electron chi connectivity index (χ2n) is 8.31. The molecule has 0 aromatic heterocycles. The molecule has 0 aliphatic heterocycles. The zero-order valence-corrected chi connectivity index (χ0v) is 23.3. The van der Waals surface area contributed by atoms with E-state index in [0.717, 1.165) is 14.5 Å². The number of rotatable bonds is 10. The molecule has 7 heteroatoms. The Bertz CT molecular complexity index is 1510. The van der Waals surface area contributed by atoms with Crippen LogP contribution in [0.4, 0.5) is 5.69 Å². The summed E-state index contributed by atoms with van der Waals surface area (Å²) in [7, 11) is 0. The molecule has 0 unspecified atom stereocenters. The van der Waals surface area contributed by atoms with Crippen molar-refractivity contribution in [1.82, 2.24) is 0 Å². The van der Waals surface area contributed by atoms with Gasteiger partial charge < -0.3 is 19.5 Å². The molecule has 0 spiro atoms. The van der Waals surface area contributed by atoms with Crippen molar-refractivity contribution in [2.45, 2.75) is 20.5 Å². The van der Waals surface area contributed by atoms with E-state index in [1.54, 1.807) is 36.4 Å². The van der Waals surface area contributed by atoms with Gasteiger partial charge in [-0.2, -0.15) is 5.26 Å². The quantitative estimate of drug-likeness (QED) is 0.114. The predicted molar refractivity (Wildman–Crippen MR) is 158 cm³/mol. The average Bonchev–Trinajstić information content (AvgIpc) is 2.92. The standard InChI is InChI=1S/C31H27IN2O4/c1-3-36-27-13-11-26(12-14-27)34-31(35)25(19-33)16-22-17-28(32)30(29(18-22)37-4-2)38-20-21-9-10-23-7-5-6-8-24(23)15-21/h5-18H,3-4,20H2,1-2H3,(H,34,35)/b25-16-. The fourth-order valence-electron chi connectivity index (χ4n) is 3.87. The number of carbonyl (C=O) groups excluding carboxylic acids is 1. The van der Waals surface area contributed by atoms with E-state index >= 15 is 0 Å². The van der Waals surface area contributed by atoms with Gasteiger partial charge in [0.25, 0.3) is 5.91 Å². The van der Waals surface area contributed by atoms with Gasteiger partial charge in [0.2, 0.25) is 0 Å². The summed E-state index contributed by atoms with van der Waals surface area (Å²) in [6, 6.07) is 27.1. The van der Waals surface area contributed by atoms with Crippen LogP contribution in [0.2, 0.25) is 0 Å². The van der Waals surface area contributed by atoms with Gasteiger partial charge in [0, 0.05) is 5.69 Å². The molecule has 0 fully saturated rings. The zero-order chi connectivity index (χ0) is 26.9. The Morgan fingerprint density at radius 3 is 2.37 bits per heavy atom. The van der Waals surface area contributed by atoms with Gasteiger partial charge in [0.15, 0.2) is 11.5 Å². The van der Waals surface area contributed by atoms with Crippen molar-refractivity contribution in [2.24, 2.45) is 0 Å². The summed E-state index contributed by atoms with van der Waals surface area (Å²) < 4.78 is 18.3. The Morgan fingerprint density at radius 1 is 0.921 bits per heavy atom. The Kier molecular flexibility index (Phi) is 9.22. The maximum atomic E-state index is 12.8. The minimum atomic E-state index is -0.499. The number of nitrogens with one attached hydrogen (secondary N) is 1. The smallest absolute Gasteiger partial charge is 0.266 e. The summed E-state index contributed by atoms with van der Waals surface area (Å²) in [6.07, 6.45) is 1.54. The predicted octanol–water partition coefficient (Wildman–Crippen LogP) is 7.37. The van der Waals surface area contributed by atoms with Crippen molar-refractivity contribution < 1.29 is 19.0 Å². The number of nitrogens with zero attached hydrogens (tertiary/aromatic N) is 1. The van der Waals surface area contributed by atoms with E-state index in [-0.39, 0.29) is 5.57 Å². The van der Waals surface area contributed by atoms with Crippen molar-refractivity contribution in [3.63, 3.8) is 0 Å². The number of nitriles is 1. The minimum Gasteiger partial charge on any atom is -0.494 e. The lowest BCUT2D eigenvalue weighted by Gasteiger charge is -2.15. The summed E-state index contributed by atoms with van der Waals surface area (Å²) in [5.41, 5.74) is 2.25. The fraction of sp³-hybridized carbons (Fsp3) is 0.161. The molecular formula is C31H27IN2O4. The number of fused-ring (bicyclic) bond motifs is 1. The number of benzene rings is 4. The van der Waals surface area contributed by atoms with Gasteiger partial charge in [0.05, 0.1) is 16.8 Å². The van der Waals surface area contributed by atoms with Crippen molar-refractivity contribution >= 4 is 51.0 Å². The number of ether oxygens (including phenoxy) is 3. The molecule has 0 heterocycles. The summed E-state index contributed by atoms with van der Waals surface area (Å²) >= 11 is 2.18. The van der Waals surface area contributed by atoms with Gasteiger partial charge in [-0.3, -0.25) is 4.79 Å². The van der Waals surface area contributed by atoms with E-state index in [9.17, 15) is 10.1 Å². The molecule has 0 saturated heterocycles. The van der Waals surface area contributed by atoms with Crippen LogP contribution in [0.15, 0.2) is 84.4 Å². The molecule has 38 heavy (non-hydrogen) atoms. The van der Waals surface area contributed by atoms with Crippen molar-refractivity contribution in [3.8, 4) is 23.3 Å². The maximum Gasteiger partial charge on any atom is 0.266 e. The molecule has 0 aliphatic carbocycles. The van der Waals surface area contributed by atoms with E-state index in [1.807, 2.05) is 38.1 Å². The lowest BCUT2D eigenvalue weighted by molar-refractivity contribution is -0.112. The van der Waals surface area contributed by atoms with E-state index in [0.29, 0.717) is 48.3 Å². The first-order chi connectivity index (χ1) is 18.5. The van der Waals surface area contributed by atoms with Crippen molar-refractivity contribution in [3.05, 3.63) is 99.1 Å². The highest BCUT2D eigenvalue weighted by molar-refractivity contribution is 14.1. The number of hydrogen-bond donors (Lipinski definition) is 1. The van der Waals surface area contributed by atoms with Crippen molar-refractivity contribution in [2.75, 3.05) is 18.5 Å². The molecule has 6 nitrogen and oxygen atoms in total. The summed E-state index contributed by atoms with van der Waals surface area (Å²) in [6.45, 7) is 5.18. The fourth-order valence-corrected chi connectivity index (χ4v) is 4.65. The summed E-state index contributed by atoms with van der Waals surface area (Å²) in [5.74, 6) is 1.38. The molecule has 0 atom stereocenters. The third-order valence-electron chi connectivity index (χ3n) is 5.63. The number of anilines is 1. The molecule has 0 aliphatic rings. The Balaban J connectivity index is 1.53. The molecule has 0 radical (unpaired) electrons. The molecule has 0 bridgehead atoms. The summed E-state index contributed by atoms with van der Waals surface area (Å²) in [5, 5.41) is 14.8. The lowest BCUT2D eigenvalue weighted by atomic mass is 10.1. The summed E-state index contributed by atoms with van der Waals surface area (Å²) in [4.78, 5) is 12.8. The number of hydrogen-bond acceptors (Lipinski definition) is 5. The second-order valence-corrected chi connectivity index (χ2v) is 9.48. The number of amides is 1. The molecule has 192 valence electrons. The number of halogens is 1. The molecular weight excluding hydrogens is 591 g/mol. The molecule has 4 rings (SSSR count). The number of carbonyl (C=O) groups is 1. The third kappa shape index (κ3) is 6.84. The third-order valence-corrected chi connectivity index (χ3v) is 6.43. The van der Waals surface area contributed by atoms with Crippen LogP contribution in [0.5, 0.6) is 17.2 Å². The van der Waals surface area contributed by atoms with Gasteiger partial charge in [-0.1, -0.05) is 36.4 Å². The maximum absolute atomic E-state index is 12.8. The highest BCUT2D eigenvalue weighted by atomic mass is 127. The molecule has 1 amide bonds. The zero-order valence-electron chi connectivity index (χ0n) is 21.2. The van der Waals surface area contributed by atoms with Gasteiger partial charge in [-0.05, 0) is 107 Å². The lowest BCUT2D eigenvalue weighted by Crippen LogP contribution is -2.13. The van der Waals surface area contributed by atoms with Crippen LogP contribution < -0.4 is 19.5 Å². The van der Waals surface area contributed by atoms with Crippen LogP contribution >= 0.6 is 22.6 Å².